The Morgan fingerprint density at radius 3 is 2.74 bits per heavy atom. The third kappa shape index (κ3) is 3.10. The van der Waals surface area contributed by atoms with Crippen molar-refractivity contribution in [1.82, 2.24) is 0 Å². The van der Waals surface area contributed by atoms with Crippen molar-refractivity contribution in [1.29, 1.82) is 0 Å². The van der Waals surface area contributed by atoms with Crippen molar-refractivity contribution in [3.05, 3.63) is 29.3 Å². The van der Waals surface area contributed by atoms with Gasteiger partial charge in [-0.25, -0.2) is 9.18 Å². The Kier molecular flexibility index (Phi) is 3.30. The van der Waals surface area contributed by atoms with E-state index < -0.39 is 23.6 Å². The standard InChI is InChI=1S/C14H16FNO3/c1-14(2,3)19-13(18)16-9-5-4-8-6-11(15)12(17)10(8)7-9/h4-5,7,11H,6H2,1-3H3,(H,16,18). The number of amides is 1. The van der Waals surface area contributed by atoms with Gasteiger partial charge >= 0.3 is 6.09 Å². The first-order chi connectivity index (χ1) is 8.76. The highest BCUT2D eigenvalue weighted by Crippen LogP contribution is 2.27. The fraction of sp³-hybridized carbons (Fsp3) is 0.429. The Morgan fingerprint density at radius 1 is 1.42 bits per heavy atom. The van der Waals surface area contributed by atoms with Crippen LogP contribution in [-0.2, 0) is 11.2 Å². The summed E-state index contributed by atoms with van der Waals surface area (Å²) >= 11 is 0. The molecule has 4 nitrogen and oxygen atoms in total. The minimum atomic E-state index is -1.47. The number of alkyl halides is 1. The predicted octanol–water partition coefficient (Wildman–Crippen LogP) is 3.11. The third-order valence-corrected chi connectivity index (χ3v) is 2.70. The molecule has 1 unspecified atom stereocenters. The van der Waals surface area contributed by atoms with Crippen LogP contribution in [0, 0.1) is 0 Å². The van der Waals surface area contributed by atoms with E-state index in [0.29, 0.717) is 16.8 Å². The van der Waals surface area contributed by atoms with Gasteiger partial charge in [-0.2, -0.15) is 0 Å². The Bertz CT molecular complexity index is 534. The summed E-state index contributed by atoms with van der Waals surface area (Å²) in [4.78, 5) is 23.1. The molecule has 1 aliphatic rings. The van der Waals surface area contributed by atoms with E-state index in [-0.39, 0.29) is 6.42 Å². The summed E-state index contributed by atoms with van der Waals surface area (Å²) in [5, 5.41) is 2.53. The van der Waals surface area contributed by atoms with Crippen molar-refractivity contribution in [3.63, 3.8) is 0 Å². The number of Topliss-reactive ketones (excluding diaryl/α,β-unsaturated/α-hetero) is 1. The smallest absolute Gasteiger partial charge is 0.412 e. The van der Waals surface area contributed by atoms with Gasteiger partial charge in [-0.1, -0.05) is 6.07 Å². The molecule has 1 aromatic carbocycles. The minimum absolute atomic E-state index is 0.112. The maximum Gasteiger partial charge on any atom is 0.412 e. The number of benzene rings is 1. The molecule has 0 saturated carbocycles. The molecule has 1 aliphatic carbocycles. The molecule has 0 aromatic heterocycles. The lowest BCUT2D eigenvalue weighted by Gasteiger charge is -2.19. The zero-order valence-corrected chi connectivity index (χ0v) is 11.1. The number of carbonyl (C=O) groups is 2. The molecule has 1 atom stereocenters. The molecular weight excluding hydrogens is 249 g/mol. The summed E-state index contributed by atoms with van der Waals surface area (Å²) in [6.07, 6.45) is -1.96. The number of anilines is 1. The molecule has 102 valence electrons. The molecular formula is C14H16FNO3. The number of halogens is 1. The van der Waals surface area contributed by atoms with Gasteiger partial charge in [-0.3, -0.25) is 10.1 Å². The molecule has 1 amide bonds. The number of ketones is 1. The molecule has 1 N–H and O–H groups in total. The fourth-order valence-electron chi connectivity index (χ4n) is 1.94. The first-order valence-corrected chi connectivity index (χ1v) is 6.07. The van der Waals surface area contributed by atoms with E-state index in [1.807, 2.05) is 0 Å². The summed E-state index contributed by atoms with van der Waals surface area (Å²) < 4.78 is 18.4. The lowest BCUT2D eigenvalue weighted by molar-refractivity contribution is 0.0635. The van der Waals surface area contributed by atoms with Crippen LogP contribution in [0.15, 0.2) is 18.2 Å². The van der Waals surface area contributed by atoms with E-state index in [9.17, 15) is 14.0 Å². The number of fused-ring (bicyclic) bond motifs is 1. The molecule has 19 heavy (non-hydrogen) atoms. The molecule has 0 radical (unpaired) electrons. The SMILES string of the molecule is CC(C)(C)OC(=O)Nc1ccc2c(c1)C(=O)C(F)C2. The minimum Gasteiger partial charge on any atom is -0.444 e. The number of nitrogens with one attached hydrogen (secondary N) is 1. The highest BCUT2D eigenvalue weighted by atomic mass is 19.1. The van der Waals surface area contributed by atoms with Crippen LogP contribution in [0.3, 0.4) is 0 Å². The van der Waals surface area contributed by atoms with Gasteiger partial charge in [0.05, 0.1) is 0 Å². The topological polar surface area (TPSA) is 55.4 Å². The zero-order valence-electron chi connectivity index (χ0n) is 11.1. The van der Waals surface area contributed by atoms with Gasteiger partial charge < -0.3 is 4.74 Å². The van der Waals surface area contributed by atoms with Gasteiger partial charge in [-0.05, 0) is 38.5 Å². The van der Waals surface area contributed by atoms with Crippen LogP contribution in [0.1, 0.15) is 36.7 Å². The van der Waals surface area contributed by atoms with Crippen molar-refractivity contribution < 1.29 is 18.7 Å². The first-order valence-electron chi connectivity index (χ1n) is 6.07. The quantitative estimate of drug-likeness (QED) is 0.848. The monoisotopic (exact) mass is 265 g/mol. The van der Waals surface area contributed by atoms with Crippen molar-refractivity contribution in [3.8, 4) is 0 Å². The average Bonchev–Trinajstić information content (AvgIpc) is 2.53. The Labute approximate surface area is 110 Å². The second-order valence-corrected chi connectivity index (χ2v) is 5.53. The second kappa shape index (κ2) is 4.64. The third-order valence-electron chi connectivity index (χ3n) is 2.70. The fourth-order valence-corrected chi connectivity index (χ4v) is 1.94. The number of ether oxygens (including phenoxy) is 1. The van der Waals surface area contributed by atoms with Crippen molar-refractivity contribution >= 4 is 17.6 Å². The molecule has 0 aliphatic heterocycles. The van der Waals surface area contributed by atoms with Crippen molar-refractivity contribution in [2.24, 2.45) is 0 Å². The lowest BCUT2D eigenvalue weighted by atomic mass is 10.1. The van der Waals surface area contributed by atoms with Crippen molar-refractivity contribution in [2.75, 3.05) is 5.32 Å². The molecule has 0 fully saturated rings. The maximum absolute atomic E-state index is 13.3. The number of hydrogen-bond acceptors (Lipinski definition) is 3. The normalized spacial score (nSPS) is 18.1. The average molecular weight is 265 g/mol. The molecule has 2 rings (SSSR count). The summed E-state index contributed by atoms with van der Waals surface area (Å²) in [7, 11) is 0. The molecule has 0 saturated heterocycles. The van der Waals surface area contributed by atoms with E-state index in [2.05, 4.69) is 5.32 Å². The second-order valence-electron chi connectivity index (χ2n) is 5.53. The Hall–Kier alpha value is -1.91. The van der Waals surface area contributed by atoms with E-state index in [4.69, 9.17) is 4.74 Å². The first kappa shape index (κ1) is 13.5. The zero-order chi connectivity index (χ0) is 14.2. The van der Waals surface area contributed by atoms with Gasteiger partial charge in [0, 0.05) is 17.7 Å². The summed E-state index contributed by atoms with van der Waals surface area (Å²) in [5.74, 6) is -0.525. The van der Waals surface area contributed by atoms with E-state index in [1.165, 1.54) is 6.07 Å². The van der Waals surface area contributed by atoms with Gasteiger partial charge in [0.15, 0.2) is 12.0 Å². The van der Waals surface area contributed by atoms with E-state index in [0.717, 1.165) is 0 Å². The van der Waals surface area contributed by atoms with E-state index >= 15 is 0 Å². The van der Waals surface area contributed by atoms with Gasteiger partial charge in [0.2, 0.25) is 0 Å². The molecule has 0 heterocycles. The number of carbonyl (C=O) groups excluding carboxylic acids is 2. The number of rotatable bonds is 1. The van der Waals surface area contributed by atoms with Crippen LogP contribution in [0.4, 0.5) is 14.9 Å². The van der Waals surface area contributed by atoms with Crippen LogP contribution in [0.5, 0.6) is 0 Å². The molecule has 1 aromatic rings. The van der Waals surface area contributed by atoms with Gasteiger partial charge in [0.1, 0.15) is 5.60 Å². The van der Waals surface area contributed by atoms with Crippen molar-refractivity contribution in [2.45, 2.75) is 39.0 Å². The molecule has 0 bridgehead atoms. The maximum atomic E-state index is 13.3. The Balaban J connectivity index is 2.12. The van der Waals surface area contributed by atoms with Crippen LogP contribution in [-0.4, -0.2) is 23.6 Å². The van der Waals surface area contributed by atoms with Gasteiger partial charge in [-0.15, -0.1) is 0 Å². The Morgan fingerprint density at radius 2 is 2.11 bits per heavy atom. The predicted molar refractivity (Wildman–Crippen MR) is 69.2 cm³/mol. The van der Waals surface area contributed by atoms with Gasteiger partial charge in [0.25, 0.3) is 0 Å². The summed E-state index contributed by atoms with van der Waals surface area (Å²) in [6.45, 7) is 5.27. The number of hydrogen-bond donors (Lipinski definition) is 1. The summed E-state index contributed by atoms with van der Waals surface area (Å²) in [5.41, 5.74) is 0.837. The highest BCUT2D eigenvalue weighted by Gasteiger charge is 2.30. The van der Waals surface area contributed by atoms with Crippen LogP contribution >= 0.6 is 0 Å². The van der Waals surface area contributed by atoms with Crippen LogP contribution in [0.2, 0.25) is 0 Å². The largest absolute Gasteiger partial charge is 0.444 e. The molecule has 5 heteroatoms. The highest BCUT2D eigenvalue weighted by molar-refractivity contribution is 6.05. The molecule has 0 spiro atoms. The van der Waals surface area contributed by atoms with Crippen LogP contribution in [0.25, 0.3) is 0 Å². The lowest BCUT2D eigenvalue weighted by Crippen LogP contribution is -2.27. The summed E-state index contributed by atoms with van der Waals surface area (Å²) in [6, 6.07) is 4.77. The van der Waals surface area contributed by atoms with E-state index in [1.54, 1.807) is 32.9 Å². The van der Waals surface area contributed by atoms with Crippen LogP contribution < -0.4 is 5.32 Å².